The second-order valence-corrected chi connectivity index (χ2v) is 8.14. The molecule has 0 heterocycles. The molecule has 0 aromatic carbocycles. The standard InChI is InChI=1S/C19H27F5O2/c1-2-26-16-13-9-5-3-7-11(13)15(12-8-4-6-10-14(12)16)18(25,17(20)21)19(22,23)24/h2,11-17,25H,1,3-10H2. The van der Waals surface area contributed by atoms with Gasteiger partial charge in [0.05, 0.1) is 6.26 Å². The highest BCUT2D eigenvalue weighted by Gasteiger charge is 2.70. The van der Waals surface area contributed by atoms with Crippen LogP contribution in [0.5, 0.6) is 0 Å². The molecular formula is C19H27F5O2. The average molecular weight is 382 g/mol. The molecule has 2 nitrogen and oxygen atoms in total. The Morgan fingerprint density at radius 3 is 1.65 bits per heavy atom. The minimum absolute atomic E-state index is 0.237. The van der Waals surface area contributed by atoms with Gasteiger partial charge in [0.15, 0.2) is 0 Å². The fourth-order valence-electron chi connectivity index (χ4n) is 6.14. The van der Waals surface area contributed by atoms with E-state index in [4.69, 9.17) is 4.74 Å². The topological polar surface area (TPSA) is 29.5 Å². The van der Waals surface area contributed by atoms with E-state index in [1.807, 2.05) is 0 Å². The van der Waals surface area contributed by atoms with Crippen molar-refractivity contribution in [1.29, 1.82) is 0 Å². The Hall–Kier alpha value is -0.850. The van der Waals surface area contributed by atoms with Gasteiger partial charge in [-0.05, 0) is 49.4 Å². The predicted octanol–water partition coefficient (Wildman–Crippen LogP) is 5.32. The summed E-state index contributed by atoms with van der Waals surface area (Å²) in [4.78, 5) is 0. The first kappa shape index (κ1) is 19.9. The number of aliphatic hydroxyl groups is 1. The van der Waals surface area contributed by atoms with E-state index in [0.29, 0.717) is 38.5 Å². The molecule has 1 N–H and O–H groups in total. The molecule has 0 amide bonds. The van der Waals surface area contributed by atoms with Gasteiger partial charge in [-0.1, -0.05) is 32.3 Å². The van der Waals surface area contributed by atoms with Gasteiger partial charge < -0.3 is 9.84 Å². The van der Waals surface area contributed by atoms with E-state index >= 15 is 0 Å². The van der Waals surface area contributed by atoms with Gasteiger partial charge in [-0.3, -0.25) is 0 Å². The summed E-state index contributed by atoms with van der Waals surface area (Å²) in [6, 6.07) is 0. The molecule has 7 heteroatoms. The molecular weight excluding hydrogens is 355 g/mol. The molecule has 5 unspecified atom stereocenters. The predicted molar refractivity (Wildman–Crippen MR) is 86.5 cm³/mol. The van der Waals surface area contributed by atoms with Crippen molar-refractivity contribution in [2.75, 3.05) is 0 Å². The lowest BCUT2D eigenvalue weighted by Gasteiger charge is -2.58. The molecule has 3 fully saturated rings. The summed E-state index contributed by atoms with van der Waals surface area (Å²) < 4.78 is 74.3. The molecule has 5 atom stereocenters. The quantitative estimate of drug-likeness (QED) is 0.527. The zero-order chi connectivity index (χ0) is 19.1. The summed E-state index contributed by atoms with van der Waals surface area (Å²) in [7, 11) is 0. The van der Waals surface area contributed by atoms with Crippen molar-refractivity contribution in [3.63, 3.8) is 0 Å². The van der Waals surface area contributed by atoms with E-state index in [0.717, 1.165) is 12.8 Å². The maximum absolute atomic E-state index is 13.7. The van der Waals surface area contributed by atoms with E-state index in [1.54, 1.807) is 0 Å². The van der Waals surface area contributed by atoms with Crippen LogP contribution in [-0.4, -0.2) is 29.4 Å². The zero-order valence-electron chi connectivity index (χ0n) is 14.7. The van der Waals surface area contributed by atoms with Gasteiger partial charge in [0.25, 0.3) is 6.43 Å². The van der Waals surface area contributed by atoms with E-state index < -0.39 is 36.0 Å². The molecule has 3 aliphatic rings. The summed E-state index contributed by atoms with van der Waals surface area (Å²) in [5, 5.41) is 10.4. The van der Waals surface area contributed by atoms with Crippen LogP contribution in [0.1, 0.15) is 51.4 Å². The molecule has 0 aromatic rings. The Balaban J connectivity index is 2.08. The molecule has 0 radical (unpaired) electrons. The van der Waals surface area contributed by atoms with Crippen LogP contribution in [0, 0.1) is 29.6 Å². The summed E-state index contributed by atoms with van der Waals surface area (Å²) in [5.41, 5.74) is -3.95. The largest absolute Gasteiger partial charge is 0.498 e. The Morgan fingerprint density at radius 2 is 1.31 bits per heavy atom. The third-order valence-electron chi connectivity index (χ3n) is 7.06. The molecule has 0 aliphatic heterocycles. The minimum atomic E-state index is -5.36. The van der Waals surface area contributed by atoms with Crippen molar-refractivity contribution in [3.8, 4) is 0 Å². The second kappa shape index (κ2) is 7.28. The molecule has 3 saturated carbocycles. The number of halogens is 5. The Bertz CT molecular complexity index is 485. The van der Waals surface area contributed by atoms with Crippen molar-refractivity contribution in [2.24, 2.45) is 29.6 Å². The number of fused-ring (bicyclic) bond motifs is 2. The van der Waals surface area contributed by atoms with Crippen LogP contribution < -0.4 is 0 Å². The minimum Gasteiger partial charge on any atom is -0.498 e. The first-order chi connectivity index (χ1) is 12.2. The van der Waals surface area contributed by atoms with Crippen LogP contribution >= 0.6 is 0 Å². The van der Waals surface area contributed by atoms with Crippen LogP contribution in [0.15, 0.2) is 12.8 Å². The molecule has 0 saturated heterocycles. The average Bonchev–Trinajstić information content (AvgIpc) is 2.60. The van der Waals surface area contributed by atoms with Gasteiger partial charge >= 0.3 is 6.18 Å². The fourth-order valence-corrected chi connectivity index (χ4v) is 6.14. The van der Waals surface area contributed by atoms with E-state index in [1.165, 1.54) is 6.26 Å². The SMILES string of the molecule is C=COC1C2CCCCC2C(C(O)(C(F)F)C(F)(F)F)C2CCCCC21. The third kappa shape index (κ3) is 3.04. The van der Waals surface area contributed by atoms with Crippen molar-refractivity contribution in [2.45, 2.75) is 75.7 Å². The van der Waals surface area contributed by atoms with Crippen molar-refractivity contribution < 1.29 is 31.8 Å². The highest BCUT2D eigenvalue weighted by atomic mass is 19.4. The highest BCUT2D eigenvalue weighted by Crippen LogP contribution is 2.60. The van der Waals surface area contributed by atoms with Gasteiger partial charge in [0.1, 0.15) is 6.10 Å². The van der Waals surface area contributed by atoms with Crippen molar-refractivity contribution in [3.05, 3.63) is 12.8 Å². The Morgan fingerprint density at radius 1 is 0.885 bits per heavy atom. The van der Waals surface area contributed by atoms with Gasteiger partial charge in [-0.15, -0.1) is 0 Å². The molecule has 0 spiro atoms. The van der Waals surface area contributed by atoms with E-state index in [2.05, 4.69) is 6.58 Å². The monoisotopic (exact) mass is 382 g/mol. The van der Waals surface area contributed by atoms with Gasteiger partial charge in [0.2, 0.25) is 5.60 Å². The van der Waals surface area contributed by atoms with Gasteiger partial charge in [-0.25, -0.2) is 8.78 Å². The lowest BCUT2D eigenvalue weighted by molar-refractivity contribution is -0.343. The maximum Gasteiger partial charge on any atom is 0.423 e. The van der Waals surface area contributed by atoms with Crippen LogP contribution in [-0.2, 0) is 4.74 Å². The molecule has 3 rings (SSSR count). The highest BCUT2D eigenvalue weighted by molar-refractivity contribution is 5.09. The lowest BCUT2D eigenvalue weighted by atomic mass is 9.50. The van der Waals surface area contributed by atoms with Crippen molar-refractivity contribution >= 4 is 0 Å². The number of hydrogen-bond acceptors (Lipinski definition) is 2. The molecule has 26 heavy (non-hydrogen) atoms. The Kier molecular flexibility index (Phi) is 5.58. The number of ether oxygens (including phenoxy) is 1. The maximum atomic E-state index is 13.7. The fraction of sp³-hybridized carbons (Fsp3) is 0.895. The Labute approximate surface area is 150 Å². The summed E-state index contributed by atoms with van der Waals surface area (Å²) in [6.07, 6.45) is -2.90. The van der Waals surface area contributed by atoms with Crippen LogP contribution in [0.2, 0.25) is 0 Å². The lowest BCUT2D eigenvalue weighted by Crippen LogP contribution is -2.66. The number of alkyl halides is 5. The summed E-state index contributed by atoms with van der Waals surface area (Å²) in [6.45, 7) is 3.59. The third-order valence-corrected chi connectivity index (χ3v) is 7.06. The number of hydrogen-bond donors (Lipinski definition) is 1. The van der Waals surface area contributed by atoms with E-state index in [-0.39, 0.29) is 17.9 Å². The zero-order valence-corrected chi connectivity index (χ0v) is 14.7. The van der Waals surface area contributed by atoms with Crippen LogP contribution in [0.25, 0.3) is 0 Å². The van der Waals surface area contributed by atoms with E-state index in [9.17, 15) is 27.1 Å². The number of rotatable bonds is 4. The smallest absolute Gasteiger partial charge is 0.423 e. The molecule has 150 valence electrons. The molecule has 0 aromatic heterocycles. The van der Waals surface area contributed by atoms with Gasteiger partial charge in [0, 0.05) is 5.92 Å². The normalized spacial score (nSPS) is 40.3. The van der Waals surface area contributed by atoms with Gasteiger partial charge in [-0.2, -0.15) is 13.2 Å². The van der Waals surface area contributed by atoms with Crippen LogP contribution in [0.4, 0.5) is 22.0 Å². The molecule has 3 aliphatic carbocycles. The van der Waals surface area contributed by atoms with Crippen LogP contribution in [0.3, 0.4) is 0 Å². The molecule has 0 bridgehead atoms. The second-order valence-electron chi connectivity index (χ2n) is 8.14. The summed E-state index contributed by atoms with van der Waals surface area (Å²) in [5.74, 6) is -3.15. The summed E-state index contributed by atoms with van der Waals surface area (Å²) >= 11 is 0. The first-order valence-electron chi connectivity index (χ1n) is 9.57. The first-order valence-corrected chi connectivity index (χ1v) is 9.57. The van der Waals surface area contributed by atoms with Crippen molar-refractivity contribution in [1.82, 2.24) is 0 Å².